The minimum Gasteiger partial charge on any atom is -0.393 e. The second-order valence-electron chi connectivity index (χ2n) is 8.76. The van der Waals surface area contributed by atoms with Gasteiger partial charge in [-0.05, 0) is 73.2 Å². The van der Waals surface area contributed by atoms with Gasteiger partial charge in [-0.1, -0.05) is 19.4 Å². The van der Waals surface area contributed by atoms with Gasteiger partial charge in [0.1, 0.15) is 0 Å². The predicted molar refractivity (Wildman–Crippen MR) is 84.1 cm³/mol. The number of aliphatic hydroxyl groups excluding tert-OH is 2. The van der Waals surface area contributed by atoms with Gasteiger partial charge < -0.3 is 10.2 Å². The van der Waals surface area contributed by atoms with Crippen molar-refractivity contribution in [2.45, 2.75) is 71.0 Å². The maximum Gasteiger partial charge on any atom is 0.155 e. The molecule has 4 rings (SSSR count). The van der Waals surface area contributed by atoms with Crippen LogP contribution in [0.2, 0.25) is 0 Å². The molecule has 3 heteroatoms. The first kappa shape index (κ1) is 14.9. The Morgan fingerprint density at radius 2 is 1.91 bits per heavy atom. The van der Waals surface area contributed by atoms with E-state index in [9.17, 15) is 15.0 Å². The number of aliphatic hydroxyl groups is 2. The summed E-state index contributed by atoms with van der Waals surface area (Å²) < 4.78 is 0. The first-order chi connectivity index (χ1) is 10.4. The summed E-state index contributed by atoms with van der Waals surface area (Å²) in [5.41, 5.74) is 1.17. The third-order valence-corrected chi connectivity index (χ3v) is 7.84. The molecule has 0 saturated heterocycles. The maximum atomic E-state index is 11.8. The molecule has 0 aromatic carbocycles. The highest BCUT2D eigenvalue weighted by molar-refractivity contribution is 5.91. The number of carbonyl (C=O) groups excluding carboxylic acids is 1. The van der Waals surface area contributed by atoms with Crippen molar-refractivity contribution in [3.8, 4) is 0 Å². The summed E-state index contributed by atoms with van der Waals surface area (Å²) in [5.74, 6) is 1.56. The van der Waals surface area contributed by atoms with Crippen molar-refractivity contribution >= 4 is 5.78 Å². The molecule has 2 N–H and O–H groups in total. The Morgan fingerprint density at radius 1 is 1.14 bits per heavy atom. The zero-order valence-electron chi connectivity index (χ0n) is 13.7. The van der Waals surface area contributed by atoms with E-state index in [4.69, 9.17) is 0 Å². The van der Waals surface area contributed by atoms with Crippen LogP contribution in [0.4, 0.5) is 0 Å². The summed E-state index contributed by atoms with van der Waals surface area (Å²) in [6.07, 6.45) is 7.56. The van der Waals surface area contributed by atoms with Crippen LogP contribution in [0.15, 0.2) is 11.6 Å². The van der Waals surface area contributed by atoms with Gasteiger partial charge in [0.25, 0.3) is 0 Å². The Bertz CT molecular complexity index is 539. The number of fused-ring (bicyclic) bond motifs is 5. The lowest BCUT2D eigenvalue weighted by atomic mass is 9.46. The molecule has 22 heavy (non-hydrogen) atoms. The number of ketones is 1. The fourth-order valence-electron chi connectivity index (χ4n) is 6.66. The number of rotatable bonds is 0. The van der Waals surface area contributed by atoms with Gasteiger partial charge in [-0.2, -0.15) is 0 Å². The number of allylic oxidation sites excluding steroid dienone is 1. The second kappa shape index (κ2) is 4.67. The standard InChI is InChI=1S/C19H28O3/c1-18-8-7-12(20)9-11(18)3-4-13-14-5-6-16(22)19(14,2)10-15(21)17(13)18/h9,13-17,21-22H,3-8,10H2,1-2H3/t13?,14?,15-,16?,17?,18?,19?/m1/s1. The van der Waals surface area contributed by atoms with E-state index in [-0.39, 0.29) is 34.7 Å². The van der Waals surface area contributed by atoms with Crippen molar-refractivity contribution in [1.29, 1.82) is 0 Å². The van der Waals surface area contributed by atoms with Crippen LogP contribution < -0.4 is 0 Å². The van der Waals surface area contributed by atoms with Gasteiger partial charge in [0.15, 0.2) is 5.78 Å². The first-order valence-electron chi connectivity index (χ1n) is 8.96. The highest BCUT2D eigenvalue weighted by Crippen LogP contribution is 2.65. The van der Waals surface area contributed by atoms with E-state index in [0.29, 0.717) is 18.3 Å². The van der Waals surface area contributed by atoms with Crippen molar-refractivity contribution < 1.29 is 15.0 Å². The monoisotopic (exact) mass is 304 g/mol. The summed E-state index contributed by atoms with van der Waals surface area (Å²) in [6.45, 7) is 4.46. The number of hydrogen-bond donors (Lipinski definition) is 2. The molecule has 6 unspecified atom stereocenters. The van der Waals surface area contributed by atoms with E-state index in [2.05, 4.69) is 13.8 Å². The fourth-order valence-corrected chi connectivity index (χ4v) is 6.66. The van der Waals surface area contributed by atoms with E-state index in [1.165, 1.54) is 5.57 Å². The zero-order valence-corrected chi connectivity index (χ0v) is 13.7. The summed E-state index contributed by atoms with van der Waals surface area (Å²) in [4.78, 5) is 11.8. The molecule has 0 amide bonds. The Kier molecular flexibility index (Phi) is 3.16. The van der Waals surface area contributed by atoms with E-state index in [1.807, 2.05) is 6.08 Å². The van der Waals surface area contributed by atoms with Crippen LogP contribution in [0.1, 0.15) is 58.8 Å². The Balaban J connectivity index is 1.74. The van der Waals surface area contributed by atoms with Gasteiger partial charge in [-0.25, -0.2) is 0 Å². The Morgan fingerprint density at radius 3 is 2.68 bits per heavy atom. The molecule has 122 valence electrons. The van der Waals surface area contributed by atoms with E-state index < -0.39 is 0 Å². The van der Waals surface area contributed by atoms with Gasteiger partial charge in [-0.15, -0.1) is 0 Å². The Hall–Kier alpha value is -0.670. The summed E-state index contributed by atoms with van der Waals surface area (Å²) in [5, 5.41) is 21.4. The summed E-state index contributed by atoms with van der Waals surface area (Å²) in [6, 6.07) is 0. The molecule has 4 aliphatic carbocycles. The molecule has 3 nitrogen and oxygen atoms in total. The second-order valence-corrected chi connectivity index (χ2v) is 8.76. The van der Waals surface area contributed by atoms with Crippen LogP contribution in [-0.4, -0.2) is 28.2 Å². The molecule has 7 atom stereocenters. The molecular formula is C19H28O3. The third kappa shape index (κ3) is 1.78. The van der Waals surface area contributed by atoms with Crippen LogP contribution in [-0.2, 0) is 4.79 Å². The van der Waals surface area contributed by atoms with Crippen molar-refractivity contribution in [3.63, 3.8) is 0 Å². The summed E-state index contributed by atoms with van der Waals surface area (Å²) in [7, 11) is 0. The molecule has 3 saturated carbocycles. The van der Waals surface area contributed by atoms with Crippen LogP contribution >= 0.6 is 0 Å². The average Bonchev–Trinajstić information content (AvgIpc) is 2.75. The highest BCUT2D eigenvalue weighted by Gasteiger charge is 2.61. The van der Waals surface area contributed by atoms with Crippen LogP contribution in [0, 0.1) is 28.6 Å². The van der Waals surface area contributed by atoms with Crippen molar-refractivity contribution in [2.75, 3.05) is 0 Å². The van der Waals surface area contributed by atoms with Gasteiger partial charge in [-0.3, -0.25) is 4.79 Å². The molecule has 0 radical (unpaired) electrons. The zero-order chi connectivity index (χ0) is 15.7. The third-order valence-electron chi connectivity index (χ3n) is 7.84. The molecule has 0 aromatic rings. The molecule has 0 heterocycles. The largest absolute Gasteiger partial charge is 0.393 e. The van der Waals surface area contributed by atoms with Gasteiger partial charge in [0.05, 0.1) is 12.2 Å². The van der Waals surface area contributed by atoms with Gasteiger partial charge in [0.2, 0.25) is 0 Å². The molecule has 3 fully saturated rings. The number of carbonyl (C=O) groups is 1. The van der Waals surface area contributed by atoms with E-state index in [1.54, 1.807) is 0 Å². The lowest BCUT2D eigenvalue weighted by Crippen LogP contribution is -2.57. The van der Waals surface area contributed by atoms with Gasteiger partial charge >= 0.3 is 0 Å². The Labute approximate surface area is 132 Å². The molecule has 0 bridgehead atoms. The van der Waals surface area contributed by atoms with E-state index in [0.717, 1.165) is 38.5 Å². The topological polar surface area (TPSA) is 57.5 Å². The van der Waals surface area contributed by atoms with Crippen LogP contribution in [0.3, 0.4) is 0 Å². The normalized spacial score (nSPS) is 54.3. The molecular weight excluding hydrogens is 276 g/mol. The minimum absolute atomic E-state index is 0.00881. The van der Waals surface area contributed by atoms with Crippen LogP contribution in [0.25, 0.3) is 0 Å². The molecule has 0 aliphatic heterocycles. The van der Waals surface area contributed by atoms with Crippen LogP contribution in [0.5, 0.6) is 0 Å². The molecule has 0 aromatic heterocycles. The van der Waals surface area contributed by atoms with Crippen molar-refractivity contribution in [3.05, 3.63) is 11.6 Å². The summed E-state index contributed by atoms with van der Waals surface area (Å²) >= 11 is 0. The lowest BCUT2D eigenvalue weighted by Gasteiger charge is -2.59. The minimum atomic E-state index is -0.346. The van der Waals surface area contributed by atoms with Crippen molar-refractivity contribution in [1.82, 2.24) is 0 Å². The highest BCUT2D eigenvalue weighted by atomic mass is 16.3. The predicted octanol–water partition coefficient (Wildman–Crippen LogP) is 2.85. The smallest absolute Gasteiger partial charge is 0.155 e. The maximum absolute atomic E-state index is 11.8. The van der Waals surface area contributed by atoms with E-state index >= 15 is 0 Å². The van der Waals surface area contributed by atoms with Crippen molar-refractivity contribution in [2.24, 2.45) is 28.6 Å². The molecule has 4 aliphatic rings. The SMILES string of the molecule is CC12CCC(=O)C=C1CCC1C2[C@H](O)CC2(C)C(O)CCC12. The fraction of sp³-hybridized carbons (Fsp3) is 0.842. The lowest BCUT2D eigenvalue weighted by molar-refractivity contribution is -0.142. The molecule has 0 spiro atoms. The first-order valence-corrected chi connectivity index (χ1v) is 8.96. The van der Waals surface area contributed by atoms with Gasteiger partial charge in [0, 0.05) is 6.42 Å². The number of hydrogen-bond acceptors (Lipinski definition) is 3. The average molecular weight is 304 g/mol. The quantitative estimate of drug-likeness (QED) is 0.723.